The van der Waals surface area contributed by atoms with Crippen LogP contribution in [-0.4, -0.2) is 20.9 Å². The number of hydrogen-bond donors (Lipinski definition) is 1. The summed E-state index contributed by atoms with van der Waals surface area (Å²) in [5.41, 5.74) is 0.799. The fraction of sp³-hybridized carbons (Fsp3) is 0.133. The number of halogens is 1. The van der Waals surface area contributed by atoms with Gasteiger partial charge in [0.25, 0.3) is 0 Å². The average Bonchev–Trinajstić information content (AvgIpc) is 2.99. The van der Waals surface area contributed by atoms with E-state index >= 15 is 0 Å². The number of aryl methyl sites for hydroxylation is 1. The smallest absolute Gasteiger partial charge is 0.226 e. The summed E-state index contributed by atoms with van der Waals surface area (Å²) in [4.78, 5) is 11.9. The second kappa shape index (κ2) is 6.05. The molecule has 3 rings (SSSR count). The molecule has 106 valence electrons. The maximum absolute atomic E-state index is 11.9. The molecule has 0 aliphatic carbocycles. The van der Waals surface area contributed by atoms with Crippen LogP contribution in [0.25, 0.3) is 10.8 Å². The predicted octanol–water partition coefficient (Wildman–Crippen LogP) is 3.22. The first-order chi connectivity index (χ1) is 10.2. The summed E-state index contributed by atoms with van der Waals surface area (Å²) in [6, 6.07) is 11.9. The normalized spacial score (nSPS) is 10.7. The summed E-state index contributed by atoms with van der Waals surface area (Å²) in [6.07, 6.45) is 3.70. The van der Waals surface area contributed by atoms with Crippen molar-refractivity contribution in [2.45, 2.75) is 13.0 Å². The lowest BCUT2D eigenvalue weighted by atomic mass is 10.1. The Morgan fingerprint density at radius 3 is 2.81 bits per heavy atom. The maximum Gasteiger partial charge on any atom is 0.226 e. The van der Waals surface area contributed by atoms with Crippen molar-refractivity contribution < 1.29 is 4.79 Å². The first-order valence-corrected chi connectivity index (χ1v) is 7.33. The zero-order valence-electron chi connectivity index (χ0n) is 11.2. The number of carbonyl (C=O) groups is 1. The predicted molar refractivity (Wildman–Crippen MR) is 84.9 cm³/mol. The van der Waals surface area contributed by atoms with Crippen molar-refractivity contribution in [2.24, 2.45) is 0 Å². The van der Waals surface area contributed by atoms with Gasteiger partial charge in [-0.3, -0.25) is 9.48 Å². The third-order valence-corrected chi connectivity index (χ3v) is 3.62. The second-order valence-corrected chi connectivity index (χ2v) is 5.59. The Labute approximate surface area is 130 Å². The summed E-state index contributed by atoms with van der Waals surface area (Å²) in [6.45, 7) is 0.520. The van der Waals surface area contributed by atoms with Crippen LogP contribution in [0, 0.1) is 0 Å². The van der Waals surface area contributed by atoms with Gasteiger partial charge in [0.2, 0.25) is 5.91 Å². The van der Waals surface area contributed by atoms with Crippen molar-refractivity contribution >= 4 is 38.3 Å². The number of anilines is 1. The number of nitrogens with one attached hydrogen (secondary N) is 1. The summed E-state index contributed by atoms with van der Waals surface area (Å²) < 4.78 is 2.68. The van der Waals surface area contributed by atoms with Gasteiger partial charge >= 0.3 is 0 Å². The van der Waals surface area contributed by atoms with Gasteiger partial charge in [-0.15, -0.1) is 5.10 Å². The third-order valence-electron chi connectivity index (χ3n) is 3.13. The van der Waals surface area contributed by atoms with Gasteiger partial charge in [-0.25, -0.2) is 0 Å². The highest BCUT2D eigenvalue weighted by atomic mass is 79.9. The van der Waals surface area contributed by atoms with Crippen LogP contribution in [0.4, 0.5) is 5.69 Å². The van der Waals surface area contributed by atoms with E-state index in [2.05, 4.69) is 31.6 Å². The number of fused-ring (bicyclic) bond motifs is 1. The maximum atomic E-state index is 11.9. The van der Waals surface area contributed by atoms with E-state index in [-0.39, 0.29) is 5.91 Å². The number of carbonyl (C=O) groups excluding carboxylic acids is 1. The number of benzene rings is 2. The number of amides is 1. The molecule has 0 saturated heterocycles. The van der Waals surface area contributed by atoms with Crippen molar-refractivity contribution in [1.82, 2.24) is 15.0 Å². The number of aromatic nitrogens is 3. The van der Waals surface area contributed by atoms with Crippen molar-refractivity contribution in [2.75, 3.05) is 5.32 Å². The molecule has 21 heavy (non-hydrogen) atoms. The lowest BCUT2D eigenvalue weighted by Crippen LogP contribution is -2.14. The monoisotopic (exact) mass is 344 g/mol. The number of nitrogens with zero attached hydrogens (tertiary/aromatic N) is 3. The molecule has 0 bridgehead atoms. The second-order valence-electron chi connectivity index (χ2n) is 4.67. The molecule has 0 saturated carbocycles. The molecule has 1 N–H and O–H groups in total. The van der Waals surface area contributed by atoms with Crippen LogP contribution in [-0.2, 0) is 11.3 Å². The van der Waals surface area contributed by atoms with E-state index in [1.165, 1.54) is 0 Å². The average molecular weight is 345 g/mol. The van der Waals surface area contributed by atoms with Crippen LogP contribution in [0.5, 0.6) is 0 Å². The Bertz CT molecular complexity index is 770. The molecule has 0 atom stereocenters. The van der Waals surface area contributed by atoms with Crippen LogP contribution in [0.1, 0.15) is 6.42 Å². The van der Waals surface area contributed by atoms with Gasteiger partial charge in [0, 0.05) is 22.8 Å². The molecule has 1 amide bonds. The quantitative estimate of drug-likeness (QED) is 0.790. The molecule has 3 aromatic rings. The third kappa shape index (κ3) is 3.46. The van der Waals surface area contributed by atoms with Gasteiger partial charge < -0.3 is 5.32 Å². The zero-order valence-corrected chi connectivity index (χ0v) is 12.7. The van der Waals surface area contributed by atoms with Crippen molar-refractivity contribution in [3.63, 3.8) is 0 Å². The molecular formula is C15H13BrN4O. The van der Waals surface area contributed by atoms with Crippen molar-refractivity contribution in [1.29, 1.82) is 0 Å². The van der Waals surface area contributed by atoms with Gasteiger partial charge in [0.1, 0.15) is 0 Å². The Kier molecular flexibility index (Phi) is 3.96. The van der Waals surface area contributed by atoms with Gasteiger partial charge in [0.05, 0.1) is 12.7 Å². The summed E-state index contributed by atoms with van der Waals surface area (Å²) in [5, 5.41) is 12.6. The Hall–Kier alpha value is -2.21. The Morgan fingerprint density at radius 2 is 2.00 bits per heavy atom. The van der Waals surface area contributed by atoms with Gasteiger partial charge in [-0.1, -0.05) is 33.3 Å². The minimum atomic E-state index is -0.0399. The van der Waals surface area contributed by atoms with E-state index in [9.17, 15) is 4.79 Å². The van der Waals surface area contributed by atoms with E-state index < -0.39 is 0 Å². The lowest BCUT2D eigenvalue weighted by Gasteiger charge is -2.07. The molecule has 0 fully saturated rings. The minimum Gasteiger partial charge on any atom is -0.326 e. The topological polar surface area (TPSA) is 59.8 Å². The standard InChI is InChI=1S/C15H13BrN4O/c16-13-3-1-12-10-14(4-2-11(12)9-13)18-15(21)5-7-20-8-6-17-19-20/h1-4,6,8-10H,5,7H2,(H,18,21). The Morgan fingerprint density at radius 1 is 1.19 bits per heavy atom. The van der Waals surface area contributed by atoms with Crippen molar-refractivity contribution in [3.05, 3.63) is 53.3 Å². The highest BCUT2D eigenvalue weighted by molar-refractivity contribution is 9.10. The van der Waals surface area contributed by atoms with Gasteiger partial charge in [0.15, 0.2) is 0 Å². The van der Waals surface area contributed by atoms with Gasteiger partial charge in [-0.2, -0.15) is 0 Å². The summed E-state index contributed by atoms with van der Waals surface area (Å²) in [5.74, 6) is -0.0399. The molecule has 1 aromatic heterocycles. The first kappa shape index (κ1) is 13.8. The summed E-state index contributed by atoms with van der Waals surface area (Å²) >= 11 is 3.45. The molecule has 5 nitrogen and oxygen atoms in total. The Balaban J connectivity index is 1.66. The van der Waals surface area contributed by atoms with E-state index in [0.717, 1.165) is 20.9 Å². The largest absolute Gasteiger partial charge is 0.326 e. The van der Waals surface area contributed by atoms with E-state index in [1.807, 2.05) is 36.4 Å². The molecule has 0 aliphatic heterocycles. The fourth-order valence-electron chi connectivity index (χ4n) is 2.09. The van der Waals surface area contributed by atoms with Crippen molar-refractivity contribution in [3.8, 4) is 0 Å². The first-order valence-electron chi connectivity index (χ1n) is 6.54. The molecule has 0 aliphatic rings. The lowest BCUT2D eigenvalue weighted by molar-refractivity contribution is -0.116. The zero-order chi connectivity index (χ0) is 14.7. The number of hydrogen-bond acceptors (Lipinski definition) is 3. The molecule has 6 heteroatoms. The molecule has 0 radical (unpaired) electrons. The molecular weight excluding hydrogens is 332 g/mol. The van der Waals surface area contributed by atoms with E-state index in [4.69, 9.17) is 0 Å². The number of rotatable bonds is 4. The van der Waals surface area contributed by atoms with Crippen LogP contribution < -0.4 is 5.32 Å². The SMILES string of the molecule is O=C(CCn1ccnn1)Nc1ccc2cc(Br)ccc2c1. The molecule has 0 unspecified atom stereocenters. The molecule has 2 aromatic carbocycles. The fourth-order valence-corrected chi connectivity index (χ4v) is 2.46. The van der Waals surface area contributed by atoms with Crippen LogP contribution in [0.2, 0.25) is 0 Å². The molecule has 0 spiro atoms. The molecule has 1 heterocycles. The highest BCUT2D eigenvalue weighted by Crippen LogP contribution is 2.23. The summed E-state index contributed by atoms with van der Waals surface area (Å²) in [7, 11) is 0. The van der Waals surface area contributed by atoms with Crippen LogP contribution in [0.3, 0.4) is 0 Å². The van der Waals surface area contributed by atoms with Gasteiger partial charge in [-0.05, 0) is 35.0 Å². The van der Waals surface area contributed by atoms with E-state index in [1.54, 1.807) is 17.1 Å². The van der Waals surface area contributed by atoms with E-state index in [0.29, 0.717) is 13.0 Å². The minimum absolute atomic E-state index is 0.0399. The van der Waals surface area contributed by atoms with Crippen LogP contribution in [0.15, 0.2) is 53.3 Å². The highest BCUT2D eigenvalue weighted by Gasteiger charge is 2.04. The van der Waals surface area contributed by atoms with Crippen LogP contribution >= 0.6 is 15.9 Å².